The Bertz CT molecular complexity index is 1360. The van der Waals surface area contributed by atoms with Gasteiger partial charge in [-0.25, -0.2) is 9.07 Å². The fraction of sp³-hybridized carbons (Fsp3) is 0.185. The fourth-order valence-electron chi connectivity index (χ4n) is 4.28. The molecule has 35 heavy (non-hydrogen) atoms. The molecule has 3 aromatic carbocycles. The molecule has 5 rings (SSSR count). The summed E-state index contributed by atoms with van der Waals surface area (Å²) in [4.78, 5) is 17.4. The number of amides is 1. The molecule has 0 aliphatic carbocycles. The fourth-order valence-corrected chi connectivity index (χ4v) is 4.47. The van der Waals surface area contributed by atoms with Crippen molar-refractivity contribution in [2.75, 3.05) is 38.2 Å². The number of anilines is 1. The molecule has 1 amide bonds. The second-order valence-corrected chi connectivity index (χ2v) is 8.71. The van der Waals surface area contributed by atoms with Crippen LogP contribution in [0.15, 0.2) is 78.9 Å². The molecule has 178 valence electrons. The number of para-hydroxylation sites is 1. The molecule has 6 nitrogen and oxygen atoms in total. The molecule has 1 fully saturated rings. The summed E-state index contributed by atoms with van der Waals surface area (Å²) in [6.45, 7) is 2.03. The van der Waals surface area contributed by atoms with Gasteiger partial charge in [0.05, 0.1) is 24.2 Å². The molecule has 0 saturated carbocycles. The molecule has 4 aromatic rings. The van der Waals surface area contributed by atoms with E-state index in [4.69, 9.17) is 21.4 Å². The van der Waals surface area contributed by atoms with Crippen LogP contribution in [0.3, 0.4) is 0 Å². The van der Waals surface area contributed by atoms with Crippen molar-refractivity contribution in [2.45, 2.75) is 0 Å². The van der Waals surface area contributed by atoms with E-state index in [1.165, 1.54) is 6.07 Å². The number of nitrogens with zero attached hydrogens (tertiary/aromatic N) is 4. The molecular weight excluding hydrogens is 467 g/mol. The molecule has 0 N–H and O–H groups in total. The predicted molar refractivity (Wildman–Crippen MR) is 135 cm³/mol. The predicted octanol–water partition coefficient (Wildman–Crippen LogP) is 5.30. The number of piperazine rings is 1. The number of benzene rings is 3. The second kappa shape index (κ2) is 9.80. The average molecular weight is 491 g/mol. The Hall–Kier alpha value is -3.84. The summed E-state index contributed by atoms with van der Waals surface area (Å²) in [6, 6.07) is 23.3. The molecular formula is C27H24ClFN4O2. The zero-order chi connectivity index (χ0) is 24.4. The van der Waals surface area contributed by atoms with E-state index in [2.05, 4.69) is 0 Å². The Balaban J connectivity index is 1.45. The third-order valence-corrected chi connectivity index (χ3v) is 6.34. The molecule has 1 saturated heterocycles. The average Bonchev–Trinajstić information content (AvgIpc) is 3.34. The van der Waals surface area contributed by atoms with E-state index >= 15 is 0 Å². The molecule has 0 unspecified atom stereocenters. The molecule has 1 aliphatic heterocycles. The third-order valence-electron chi connectivity index (χ3n) is 6.11. The highest BCUT2D eigenvalue weighted by atomic mass is 35.5. The van der Waals surface area contributed by atoms with Crippen LogP contribution in [-0.4, -0.2) is 53.9 Å². The van der Waals surface area contributed by atoms with Crippen LogP contribution in [0.4, 0.5) is 10.1 Å². The van der Waals surface area contributed by atoms with E-state index in [9.17, 15) is 9.18 Å². The smallest absolute Gasteiger partial charge is 0.272 e. The summed E-state index contributed by atoms with van der Waals surface area (Å²) in [5.41, 5.74) is 3.18. The lowest BCUT2D eigenvalue weighted by Gasteiger charge is -2.36. The summed E-state index contributed by atoms with van der Waals surface area (Å²) in [6.07, 6.45) is 0. The first-order valence-electron chi connectivity index (χ1n) is 11.3. The first-order chi connectivity index (χ1) is 17.0. The largest absolute Gasteiger partial charge is 0.497 e. The highest BCUT2D eigenvalue weighted by Gasteiger charge is 2.27. The quantitative estimate of drug-likeness (QED) is 0.381. The number of carbonyl (C=O) groups is 1. The second-order valence-electron chi connectivity index (χ2n) is 8.27. The van der Waals surface area contributed by atoms with Crippen LogP contribution in [0.1, 0.15) is 10.5 Å². The Kier molecular flexibility index (Phi) is 6.42. The summed E-state index contributed by atoms with van der Waals surface area (Å²) in [5, 5.41) is 5.31. The van der Waals surface area contributed by atoms with Gasteiger partial charge < -0.3 is 14.5 Å². The van der Waals surface area contributed by atoms with Crippen molar-refractivity contribution in [1.29, 1.82) is 0 Å². The lowest BCUT2D eigenvalue weighted by molar-refractivity contribution is 0.0737. The van der Waals surface area contributed by atoms with Gasteiger partial charge in [-0.05, 0) is 48.5 Å². The van der Waals surface area contributed by atoms with Crippen LogP contribution in [0.25, 0.3) is 16.9 Å². The van der Waals surface area contributed by atoms with Gasteiger partial charge in [0.15, 0.2) is 0 Å². The monoisotopic (exact) mass is 490 g/mol. The van der Waals surface area contributed by atoms with Crippen LogP contribution in [-0.2, 0) is 0 Å². The van der Waals surface area contributed by atoms with Crippen LogP contribution in [0.5, 0.6) is 5.75 Å². The SMILES string of the molecule is COc1cccc(-c2cc(C(=O)N3CCN(c4ccccc4F)CC3)n(-c3cccc(Cl)c3)n2)c1. The van der Waals surface area contributed by atoms with E-state index < -0.39 is 0 Å². The minimum Gasteiger partial charge on any atom is -0.497 e. The highest BCUT2D eigenvalue weighted by molar-refractivity contribution is 6.30. The summed E-state index contributed by atoms with van der Waals surface area (Å²) >= 11 is 6.24. The van der Waals surface area contributed by atoms with E-state index in [-0.39, 0.29) is 11.7 Å². The highest BCUT2D eigenvalue weighted by Crippen LogP contribution is 2.27. The van der Waals surface area contributed by atoms with Crippen molar-refractivity contribution < 1.29 is 13.9 Å². The van der Waals surface area contributed by atoms with Gasteiger partial charge in [-0.1, -0.05) is 41.9 Å². The summed E-state index contributed by atoms with van der Waals surface area (Å²) in [7, 11) is 1.61. The number of carbonyl (C=O) groups excluding carboxylic acids is 1. The van der Waals surface area contributed by atoms with Gasteiger partial charge in [0, 0.05) is 36.8 Å². The van der Waals surface area contributed by atoms with Gasteiger partial charge in [-0.15, -0.1) is 0 Å². The molecule has 0 atom stereocenters. The normalized spacial score (nSPS) is 13.7. The summed E-state index contributed by atoms with van der Waals surface area (Å²) in [5.74, 6) is 0.311. The van der Waals surface area contributed by atoms with Gasteiger partial charge in [-0.2, -0.15) is 5.10 Å². The zero-order valence-corrected chi connectivity index (χ0v) is 20.0. The van der Waals surface area contributed by atoms with Gasteiger partial charge in [0.1, 0.15) is 17.3 Å². The van der Waals surface area contributed by atoms with E-state index in [1.54, 1.807) is 47.0 Å². The van der Waals surface area contributed by atoms with E-state index in [0.29, 0.717) is 59.7 Å². The lowest BCUT2D eigenvalue weighted by atomic mass is 10.1. The molecule has 0 spiro atoms. The maximum atomic E-state index is 14.2. The van der Waals surface area contributed by atoms with Crippen molar-refractivity contribution in [3.05, 3.63) is 95.4 Å². The Labute approximate surface area is 208 Å². The van der Waals surface area contributed by atoms with Gasteiger partial charge >= 0.3 is 0 Å². The maximum absolute atomic E-state index is 14.2. The number of hydrogen-bond donors (Lipinski definition) is 0. The van der Waals surface area contributed by atoms with Crippen LogP contribution in [0, 0.1) is 5.82 Å². The standard InChI is InChI=1S/C27H24ClFN4O2/c1-35-22-9-4-6-19(16-22)24-18-26(33(30-24)21-8-5-7-20(28)17-21)27(34)32-14-12-31(13-15-32)25-11-3-2-10-23(25)29/h2-11,16-18H,12-15H2,1H3. The van der Waals surface area contributed by atoms with Crippen LogP contribution >= 0.6 is 11.6 Å². The van der Waals surface area contributed by atoms with Crippen molar-refractivity contribution in [1.82, 2.24) is 14.7 Å². The lowest BCUT2D eigenvalue weighted by Crippen LogP contribution is -2.49. The minimum atomic E-state index is -0.255. The minimum absolute atomic E-state index is 0.139. The van der Waals surface area contributed by atoms with Gasteiger partial charge in [0.25, 0.3) is 5.91 Å². The van der Waals surface area contributed by atoms with Crippen molar-refractivity contribution in [2.24, 2.45) is 0 Å². The number of hydrogen-bond acceptors (Lipinski definition) is 4. The molecule has 2 heterocycles. The molecule has 1 aliphatic rings. The van der Waals surface area contributed by atoms with E-state index in [0.717, 1.165) is 5.56 Å². The first-order valence-corrected chi connectivity index (χ1v) is 11.7. The Morgan fingerprint density at radius 3 is 2.46 bits per heavy atom. The van der Waals surface area contributed by atoms with Crippen LogP contribution < -0.4 is 9.64 Å². The Morgan fingerprint density at radius 1 is 0.943 bits per heavy atom. The topological polar surface area (TPSA) is 50.6 Å². The third kappa shape index (κ3) is 4.72. The number of aromatic nitrogens is 2. The molecule has 8 heteroatoms. The molecule has 0 radical (unpaired) electrons. The number of methoxy groups -OCH3 is 1. The Morgan fingerprint density at radius 2 is 1.71 bits per heavy atom. The van der Waals surface area contributed by atoms with E-state index in [1.807, 2.05) is 47.4 Å². The van der Waals surface area contributed by atoms with Crippen molar-refractivity contribution >= 4 is 23.2 Å². The van der Waals surface area contributed by atoms with Crippen molar-refractivity contribution in [3.8, 4) is 22.7 Å². The van der Waals surface area contributed by atoms with Gasteiger partial charge in [-0.3, -0.25) is 4.79 Å². The zero-order valence-electron chi connectivity index (χ0n) is 19.2. The molecule has 0 bridgehead atoms. The molecule has 1 aromatic heterocycles. The first kappa shape index (κ1) is 22.9. The number of ether oxygens (including phenoxy) is 1. The maximum Gasteiger partial charge on any atom is 0.272 e. The number of halogens is 2. The van der Waals surface area contributed by atoms with Crippen molar-refractivity contribution in [3.63, 3.8) is 0 Å². The van der Waals surface area contributed by atoms with Crippen LogP contribution in [0.2, 0.25) is 5.02 Å². The number of rotatable bonds is 5. The summed E-state index contributed by atoms with van der Waals surface area (Å²) < 4.78 is 21.2. The van der Waals surface area contributed by atoms with Gasteiger partial charge in [0.2, 0.25) is 0 Å².